The Morgan fingerprint density at radius 3 is 2.86 bits per heavy atom. The van der Waals surface area contributed by atoms with Crippen molar-refractivity contribution in [1.29, 1.82) is 0 Å². The number of hydrogen-bond donors (Lipinski definition) is 1. The predicted molar refractivity (Wildman–Crippen MR) is 88.6 cm³/mol. The van der Waals surface area contributed by atoms with Crippen LogP contribution < -0.4 is 15.0 Å². The lowest BCUT2D eigenvalue weighted by atomic mass is 10.2. The number of hydrogen-bond acceptors (Lipinski definition) is 6. The number of nitrogens with one attached hydrogen (secondary N) is 1. The second-order valence-electron chi connectivity index (χ2n) is 4.85. The van der Waals surface area contributed by atoms with E-state index in [0.29, 0.717) is 11.8 Å². The second-order valence-corrected chi connectivity index (χ2v) is 5.89. The number of nitrogens with zero attached hydrogens (tertiary/aromatic N) is 3. The fourth-order valence-electron chi connectivity index (χ4n) is 2.16. The van der Waals surface area contributed by atoms with E-state index in [2.05, 4.69) is 44.6 Å². The molecule has 0 bridgehead atoms. The summed E-state index contributed by atoms with van der Waals surface area (Å²) in [6, 6.07) is 4.57. The van der Waals surface area contributed by atoms with Crippen LogP contribution in [0.15, 0.2) is 23.8 Å². The number of thiophene rings is 1. The Labute approximate surface area is 130 Å². The molecule has 2 rings (SSSR count). The highest BCUT2D eigenvalue weighted by molar-refractivity contribution is 7.09. The molecule has 0 saturated heterocycles. The third-order valence-corrected chi connectivity index (χ3v) is 4.30. The molecule has 0 amide bonds. The van der Waals surface area contributed by atoms with Crippen molar-refractivity contribution < 1.29 is 4.74 Å². The maximum Gasteiger partial charge on any atom is 0.204 e. The van der Waals surface area contributed by atoms with Gasteiger partial charge in [0.05, 0.1) is 7.11 Å². The number of rotatable bonds is 7. The molecule has 114 valence electrons. The van der Waals surface area contributed by atoms with Crippen LogP contribution in [0.1, 0.15) is 18.7 Å². The van der Waals surface area contributed by atoms with Crippen molar-refractivity contribution in [3.8, 4) is 5.75 Å². The summed E-state index contributed by atoms with van der Waals surface area (Å²) in [5, 5.41) is 5.31. The molecule has 0 aliphatic rings. The molecule has 5 nitrogen and oxygen atoms in total. The van der Waals surface area contributed by atoms with Crippen LogP contribution in [0.25, 0.3) is 0 Å². The highest BCUT2D eigenvalue weighted by Gasteiger charge is 2.19. The minimum absolute atomic E-state index is 0.321. The first-order valence-corrected chi connectivity index (χ1v) is 7.93. The van der Waals surface area contributed by atoms with Crippen molar-refractivity contribution in [2.24, 2.45) is 0 Å². The molecule has 21 heavy (non-hydrogen) atoms. The first kappa shape index (κ1) is 15.6. The van der Waals surface area contributed by atoms with Gasteiger partial charge in [0.2, 0.25) is 5.75 Å². The summed E-state index contributed by atoms with van der Waals surface area (Å²) in [4.78, 5) is 12.2. The normalized spacial score (nSPS) is 12.0. The standard InChI is InChI=1S/C15H22N4OS/c1-5-16-14-13(20-4)15(18-10-17-14)19(3)11(2)9-12-7-6-8-21-12/h6-8,10-11H,5,9H2,1-4H3,(H,16,17,18). The predicted octanol–water partition coefficient (Wildman–Crippen LogP) is 3.05. The Morgan fingerprint density at radius 2 is 2.24 bits per heavy atom. The SMILES string of the molecule is CCNc1ncnc(N(C)C(C)Cc2cccs2)c1OC. The maximum atomic E-state index is 5.51. The third kappa shape index (κ3) is 3.64. The largest absolute Gasteiger partial charge is 0.490 e. The molecule has 0 saturated carbocycles. The van der Waals surface area contributed by atoms with E-state index in [9.17, 15) is 0 Å². The first-order valence-electron chi connectivity index (χ1n) is 7.05. The molecule has 1 N–H and O–H groups in total. The number of aromatic nitrogens is 2. The summed E-state index contributed by atoms with van der Waals surface area (Å²) in [7, 11) is 3.69. The number of anilines is 2. The van der Waals surface area contributed by atoms with Crippen LogP contribution in [0.4, 0.5) is 11.6 Å². The molecule has 0 aliphatic heterocycles. The smallest absolute Gasteiger partial charge is 0.204 e. The van der Waals surface area contributed by atoms with Gasteiger partial charge in [-0.15, -0.1) is 11.3 Å². The average Bonchev–Trinajstić information content (AvgIpc) is 2.99. The van der Waals surface area contributed by atoms with Gasteiger partial charge in [0, 0.05) is 30.9 Å². The lowest BCUT2D eigenvalue weighted by Gasteiger charge is -2.27. The van der Waals surface area contributed by atoms with Crippen molar-refractivity contribution >= 4 is 23.0 Å². The van der Waals surface area contributed by atoms with Crippen LogP contribution in [0.2, 0.25) is 0 Å². The summed E-state index contributed by atoms with van der Waals surface area (Å²) in [5.74, 6) is 2.24. The quantitative estimate of drug-likeness (QED) is 0.852. The van der Waals surface area contributed by atoms with Gasteiger partial charge in [-0.2, -0.15) is 0 Å². The lowest BCUT2D eigenvalue weighted by Crippen LogP contribution is -2.31. The minimum atomic E-state index is 0.321. The van der Waals surface area contributed by atoms with Gasteiger partial charge in [-0.1, -0.05) is 6.07 Å². The van der Waals surface area contributed by atoms with E-state index in [1.54, 1.807) is 24.8 Å². The Kier molecular flexibility index (Phi) is 5.38. The molecule has 0 radical (unpaired) electrons. The van der Waals surface area contributed by atoms with E-state index in [1.807, 2.05) is 14.0 Å². The second kappa shape index (κ2) is 7.26. The molecule has 2 aromatic heterocycles. The zero-order valence-electron chi connectivity index (χ0n) is 13.0. The molecule has 6 heteroatoms. The fraction of sp³-hybridized carbons (Fsp3) is 0.467. The number of likely N-dealkylation sites (N-methyl/N-ethyl adjacent to an activating group) is 1. The van der Waals surface area contributed by atoms with Crippen molar-refractivity contribution in [2.75, 3.05) is 30.9 Å². The summed E-state index contributed by atoms with van der Waals surface area (Å²) < 4.78 is 5.51. The van der Waals surface area contributed by atoms with Gasteiger partial charge < -0.3 is 15.0 Å². The Hall–Kier alpha value is -1.82. The van der Waals surface area contributed by atoms with Crippen LogP contribution >= 0.6 is 11.3 Å². The van der Waals surface area contributed by atoms with Crippen LogP contribution in [0.5, 0.6) is 5.75 Å². The molecule has 0 spiro atoms. The molecule has 2 aromatic rings. The van der Waals surface area contributed by atoms with Crippen LogP contribution in [0.3, 0.4) is 0 Å². The van der Waals surface area contributed by atoms with Crippen molar-refractivity contribution in [2.45, 2.75) is 26.3 Å². The van der Waals surface area contributed by atoms with Gasteiger partial charge in [0.25, 0.3) is 0 Å². The molecular formula is C15H22N4OS. The molecule has 0 aliphatic carbocycles. The zero-order valence-corrected chi connectivity index (χ0v) is 13.8. The van der Waals surface area contributed by atoms with Gasteiger partial charge in [-0.05, 0) is 25.3 Å². The van der Waals surface area contributed by atoms with Gasteiger partial charge in [0.15, 0.2) is 11.6 Å². The zero-order chi connectivity index (χ0) is 15.2. The Balaban J connectivity index is 2.21. The van der Waals surface area contributed by atoms with Crippen LogP contribution in [-0.4, -0.2) is 36.7 Å². The van der Waals surface area contributed by atoms with Gasteiger partial charge in [-0.25, -0.2) is 9.97 Å². The van der Waals surface area contributed by atoms with Crippen molar-refractivity contribution in [3.05, 3.63) is 28.7 Å². The van der Waals surface area contributed by atoms with Crippen LogP contribution in [-0.2, 0) is 6.42 Å². The molecule has 1 atom stereocenters. The monoisotopic (exact) mass is 306 g/mol. The van der Waals surface area contributed by atoms with E-state index in [1.165, 1.54) is 4.88 Å². The molecule has 2 heterocycles. The number of ether oxygens (including phenoxy) is 1. The summed E-state index contributed by atoms with van der Waals surface area (Å²) in [6.07, 6.45) is 2.56. The van der Waals surface area contributed by atoms with E-state index < -0.39 is 0 Å². The molecule has 0 aromatic carbocycles. The molecular weight excluding hydrogens is 284 g/mol. The number of methoxy groups -OCH3 is 1. The first-order chi connectivity index (χ1) is 10.2. The third-order valence-electron chi connectivity index (χ3n) is 3.41. The Bertz CT molecular complexity index is 559. The van der Waals surface area contributed by atoms with Crippen molar-refractivity contribution in [3.63, 3.8) is 0 Å². The van der Waals surface area contributed by atoms with E-state index >= 15 is 0 Å². The fourth-order valence-corrected chi connectivity index (χ4v) is 2.99. The van der Waals surface area contributed by atoms with Gasteiger partial charge in [0.1, 0.15) is 6.33 Å². The average molecular weight is 306 g/mol. The van der Waals surface area contributed by atoms with Crippen molar-refractivity contribution in [1.82, 2.24) is 9.97 Å². The highest BCUT2D eigenvalue weighted by Crippen LogP contribution is 2.32. The topological polar surface area (TPSA) is 50.3 Å². The van der Waals surface area contributed by atoms with E-state index in [-0.39, 0.29) is 0 Å². The highest BCUT2D eigenvalue weighted by atomic mass is 32.1. The van der Waals surface area contributed by atoms with Gasteiger partial charge in [-0.3, -0.25) is 0 Å². The summed E-state index contributed by atoms with van der Waals surface area (Å²) >= 11 is 1.78. The van der Waals surface area contributed by atoms with Crippen LogP contribution in [0, 0.1) is 0 Å². The summed E-state index contributed by atoms with van der Waals surface area (Å²) in [5.41, 5.74) is 0. The van der Waals surface area contributed by atoms with E-state index in [0.717, 1.165) is 24.6 Å². The maximum absolute atomic E-state index is 5.51. The Morgan fingerprint density at radius 1 is 1.43 bits per heavy atom. The van der Waals surface area contributed by atoms with E-state index in [4.69, 9.17) is 4.74 Å². The van der Waals surface area contributed by atoms with Gasteiger partial charge >= 0.3 is 0 Å². The lowest BCUT2D eigenvalue weighted by molar-refractivity contribution is 0.411. The summed E-state index contributed by atoms with van der Waals surface area (Å²) in [6.45, 7) is 5.01. The minimum Gasteiger partial charge on any atom is -0.490 e. The molecule has 1 unspecified atom stereocenters. The molecule has 0 fully saturated rings.